The van der Waals surface area contributed by atoms with Gasteiger partial charge in [0.15, 0.2) is 0 Å². The van der Waals surface area contributed by atoms with E-state index in [0.29, 0.717) is 29.6 Å². The van der Waals surface area contributed by atoms with Crippen LogP contribution in [-0.2, 0) is 16.0 Å². The number of benzene rings is 1. The van der Waals surface area contributed by atoms with Crippen LogP contribution in [0, 0.1) is 0 Å². The Morgan fingerprint density at radius 3 is 2.62 bits per heavy atom. The van der Waals surface area contributed by atoms with E-state index in [2.05, 4.69) is 11.5 Å². The molecule has 3 nitrogen and oxygen atoms in total. The van der Waals surface area contributed by atoms with Crippen LogP contribution in [0.4, 0.5) is 0 Å². The van der Waals surface area contributed by atoms with Gasteiger partial charge in [0.1, 0.15) is 6.61 Å². The van der Waals surface area contributed by atoms with Gasteiger partial charge in [-0.1, -0.05) is 35.3 Å². The molecule has 5 heteroatoms. The van der Waals surface area contributed by atoms with Crippen LogP contribution in [0.2, 0.25) is 10.0 Å². The summed E-state index contributed by atoms with van der Waals surface area (Å²) in [4.78, 5) is 13.2. The van der Waals surface area contributed by atoms with Crippen molar-refractivity contribution in [2.24, 2.45) is 0 Å². The predicted octanol–water partition coefficient (Wildman–Crippen LogP) is 3.98. The minimum atomic E-state index is -0.350. The zero-order valence-electron chi connectivity index (χ0n) is 12.7. The van der Waals surface area contributed by atoms with Crippen LogP contribution >= 0.6 is 23.2 Å². The van der Waals surface area contributed by atoms with E-state index in [1.807, 2.05) is 32.2 Å². The molecule has 0 amide bonds. The summed E-state index contributed by atoms with van der Waals surface area (Å²) < 4.78 is 5.23. The third-order valence-electron chi connectivity index (χ3n) is 3.48. The predicted molar refractivity (Wildman–Crippen MR) is 88.0 cm³/mol. The van der Waals surface area contributed by atoms with Gasteiger partial charge in [-0.15, -0.1) is 6.58 Å². The summed E-state index contributed by atoms with van der Waals surface area (Å²) >= 11 is 12.0. The Morgan fingerprint density at radius 2 is 2.10 bits per heavy atom. The number of carbonyl (C=O) groups excluding carboxylic acids is 1. The largest absolute Gasteiger partial charge is 0.464 e. The number of nitrogens with zero attached hydrogens (tertiary/aromatic N) is 1. The molecule has 0 saturated heterocycles. The first-order valence-corrected chi connectivity index (χ1v) is 7.43. The molecule has 0 N–H and O–H groups in total. The van der Waals surface area contributed by atoms with Crippen LogP contribution < -0.4 is 0 Å². The summed E-state index contributed by atoms with van der Waals surface area (Å²) in [5.41, 5.74) is 0.687. The molecule has 116 valence electrons. The monoisotopic (exact) mass is 329 g/mol. The van der Waals surface area contributed by atoms with Crippen molar-refractivity contribution < 1.29 is 9.53 Å². The highest BCUT2D eigenvalue weighted by atomic mass is 35.5. The Bertz CT molecular complexity index is 519. The standard InChI is InChI=1S/C16H21Cl2NO2/c1-5-8-19(4)16(3,11-21-12(2)20)10-13-6-7-14(17)15(18)9-13/h5-7,9H,1,8,10-11H2,2-4H3/t16-/m0/s1. The second-order valence-corrected chi connectivity index (χ2v) is 6.19. The van der Waals surface area contributed by atoms with E-state index in [1.165, 1.54) is 6.92 Å². The Labute approximate surface area is 136 Å². The molecule has 1 atom stereocenters. The molecule has 0 aliphatic carbocycles. The summed E-state index contributed by atoms with van der Waals surface area (Å²) in [6, 6.07) is 5.55. The van der Waals surface area contributed by atoms with Gasteiger partial charge in [0.25, 0.3) is 0 Å². The lowest BCUT2D eigenvalue weighted by molar-refractivity contribution is -0.144. The molecule has 0 spiro atoms. The average molecular weight is 330 g/mol. The highest BCUT2D eigenvalue weighted by Crippen LogP contribution is 2.26. The number of rotatable bonds is 7. The molecule has 0 heterocycles. The van der Waals surface area contributed by atoms with Crippen LogP contribution in [0.3, 0.4) is 0 Å². The summed E-state index contributed by atoms with van der Waals surface area (Å²) in [6.45, 7) is 8.20. The molecule has 21 heavy (non-hydrogen) atoms. The average Bonchev–Trinajstić information content (AvgIpc) is 2.41. The van der Waals surface area contributed by atoms with Gasteiger partial charge in [-0.3, -0.25) is 9.69 Å². The smallest absolute Gasteiger partial charge is 0.302 e. The number of hydrogen-bond donors (Lipinski definition) is 0. The van der Waals surface area contributed by atoms with Crippen LogP contribution in [0.1, 0.15) is 19.4 Å². The van der Waals surface area contributed by atoms with E-state index in [1.54, 1.807) is 6.07 Å². The first kappa shape index (κ1) is 18.0. The van der Waals surface area contributed by atoms with Crippen molar-refractivity contribution in [1.82, 2.24) is 4.90 Å². The summed E-state index contributed by atoms with van der Waals surface area (Å²) in [6.07, 6.45) is 2.50. The number of esters is 1. The molecule has 1 aromatic rings. The van der Waals surface area contributed by atoms with Crippen molar-refractivity contribution >= 4 is 29.2 Å². The molecule has 0 radical (unpaired) electrons. The third-order valence-corrected chi connectivity index (χ3v) is 4.22. The topological polar surface area (TPSA) is 29.5 Å². The number of likely N-dealkylation sites (N-methyl/N-ethyl adjacent to an activating group) is 1. The van der Waals surface area contributed by atoms with Gasteiger partial charge >= 0.3 is 5.97 Å². The van der Waals surface area contributed by atoms with Gasteiger partial charge in [0.05, 0.1) is 15.6 Å². The second-order valence-electron chi connectivity index (χ2n) is 5.37. The van der Waals surface area contributed by atoms with Crippen molar-refractivity contribution in [2.75, 3.05) is 20.2 Å². The minimum Gasteiger partial charge on any atom is -0.464 e. The Kier molecular flexibility index (Phi) is 6.72. The molecule has 1 rings (SSSR count). The van der Waals surface area contributed by atoms with Gasteiger partial charge in [-0.05, 0) is 38.1 Å². The number of ether oxygens (including phenoxy) is 1. The van der Waals surface area contributed by atoms with Crippen LogP contribution in [0.15, 0.2) is 30.9 Å². The van der Waals surface area contributed by atoms with E-state index in [0.717, 1.165) is 5.56 Å². The first-order valence-electron chi connectivity index (χ1n) is 6.68. The van der Waals surface area contributed by atoms with Crippen molar-refractivity contribution in [3.63, 3.8) is 0 Å². The Balaban J connectivity index is 2.96. The molecule has 0 unspecified atom stereocenters. The number of hydrogen-bond acceptors (Lipinski definition) is 3. The fraction of sp³-hybridized carbons (Fsp3) is 0.438. The van der Waals surface area contributed by atoms with Crippen LogP contribution in [0.25, 0.3) is 0 Å². The maximum absolute atomic E-state index is 11.1. The van der Waals surface area contributed by atoms with Crippen molar-refractivity contribution in [2.45, 2.75) is 25.8 Å². The lowest BCUT2D eigenvalue weighted by atomic mass is 9.92. The lowest BCUT2D eigenvalue weighted by Gasteiger charge is -2.38. The lowest BCUT2D eigenvalue weighted by Crippen LogP contribution is -2.49. The summed E-state index contributed by atoms with van der Waals surface area (Å²) in [5, 5.41) is 1.05. The molecule has 1 aromatic carbocycles. The zero-order chi connectivity index (χ0) is 16.0. The molecule has 0 bridgehead atoms. The maximum Gasteiger partial charge on any atom is 0.302 e. The fourth-order valence-electron chi connectivity index (χ4n) is 2.06. The maximum atomic E-state index is 11.1. The van der Waals surface area contributed by atoms with Crippen molar-refractivity contribution in [3.8, 4) is 0 Å². The van der Waals surface area contributed by atoms with E-state index in [-0.39, 0.29) is 11.5 Å². The number of halogens is 2. The van der Waals surface area contributed by atoms with Gasteiger partial charge in [-0.2, -0.15) is 0 Å². The molecule has 0 saturated carbocycles. The summed E-state index contributed by atoms with van der Waals surface area (Å²) in [7, 11) is 1.97. The van der Waals surface area contributed by atoms with Gasteiger partial charge in [-0.25, -0.2) is 0 Å². The fourth-order valence-corrected chi connectivity index (χ4v) is 2.38. The van der Waals surface area contributed by atoms with Gasteiger partial charge in [0.2, 0.25) is 0 Å². The molecule has 0 aromatic heterocycles. The SMILES string of the molecule is C=CCN(C)[C@](C)(COC(C)=O)Cc1ccc(Cl)c(Cl)c1. The van der Waals surface area contributed by atoms with E-state index in [4.69, 9.17) is 27.9 Å². The highest BCUT2D eigenvalue weighted by molar-refractivity contribution is 6.42. The van der Waals surface area contributed by atoms with Crippen molar-refractivity contribution in [1.29, 1.82) is 0 Å². The van der Waals surface area contributed by atoms with Crippen molar-refractivity contribution in [3.05, 3.63) is 46.5 Å². The Morgan fingerprint density at radius 1 is 1.43 bits per heavy atom. The molecule has 0 aliphatic rings. The number of carbonyl (C=O) groups is 1. The van der Waals surface area contributed by atoms with Crippen LogP contribution in [-0.4, -0.2) is 36.6 Å². The van der Waals surface area contributed by atoms with Gasteiger partial charge < -0.3 is 4.74 Å². The third kappa shape index (κ3) is 5.34. The van der Waals surface area contributed by atoms with E-state index < -0.39 is 0 Å². The van der Waals surface area contributed by atoms with E-state index >= 15 is 0 Å². The minimum absolute atomic E-state index is 0.289. The first-order chi connectivity index (χ1) is 9.78. The molecule has 0 aliphatic heterocycles. The quantitative estimate of drug-likeness (QED) is 0.559. The summed E-state index contributed by atoms with van der Waals surface area (Å²) in [5.74, 6) is -0.289. The van der Waals surface area contributed by atoms with Crippen LogP contribution in [0.5, 0.6) is 0 Å². The van der Waals surface area contributed by atoms with Gasteiger partial charge in [0, 0.05) is 13.5 Å². The van der Waals surface area contributed by atoms with E-state index in [9.17, 15) is 4.79 Å². The normalized spacial score (nSPS) is 13.8. The molecule has 0 fully saturated rings. The highest BCUT2D eigenvalue weighted by Gasteiger charge is 2.30. The Hall–Kier alpha value is -1.03. The zero-order valence-corrected chi connectivity index (χ0v) is 14.2. The second kappa shape index (κ2) is 7.83. The molecular weight excluding hydrogens is 309 g/mol. The molecular formula is C16H21Cl2NO2.